The normalized spacial score (nSPS) is 16.4. The van der Waals surface area contributed by atoms with Gasteiger partial charge >= 0.3 is 0 Å². The molecule has 0 bridgehead atoms. The maximum absolute atomic E-state index is 14.1. The number of carbonyl (C=O) groups is 1. The summed E-state index contributed by atoms with van der Waals surface area (Å²) in [4.78, 5) is 14.7. The molecule has 0 saturated carbocycles. The quantitative estimate of drug-likeness (QED) is 0.633. The van der Waals surface area contributed by atoms with E-state index >= 15 is 0 Å². The van der Waals surface area contributed by atoms with E-state index in [0.717, 1.165) is 38.2 Å². The number of amides is 1. The van der Waals surface area contributed by atoms with Crippen LogP contribution in [0.3, 0.4) is 0 Å². The van der Waals surface area contributed by atoms with Crippen molar-refractivity contribution < 1.29 is 9.18 Å². The summed E-state index contributed by atoms with van der Waals surface area (Å²) < 4.78 is 17.7. The lowest BCUT2D eigenvalue weighted by molar-refractivity contribution is -0.122. The molecule has 1 atom stereocenters. The second-order valence-corrected chi connectivity index (χ2v) is 8.28. The van der Waals surface area contributed by atoms with E-state index in [-0.39, 0.29) is 23.8 Å². The summed E-state index contributed by atoms with van der Waals surface area (Å²) >= 11 is 0. The summed E-state index contributed by atoms with van der Waals surface area (Å²) in [6, 6.07) is 10.8. The molecular formula is C23H29FN6O. The molecule has 8 heteroatoms. The van der Waals surface area contributed by atoms with Crippen molar-refractivity contribution in [3.05, 3.63) is 60.3 Å². The highest BCUT2D eigenvalue weighted by atomic mass is 19.1. The zero-order valence-electron chi connectivity index (χ0n) is 18.0. The number of halogens is 1. The van der Waals surface area contributed by atoms with Gasteiger partial charge in [-0.25, -0.2) is 4.39 Å². The molecule has 1 N–H and O–H groups in total. The molecule has 0 radical (unpaired) electrons. The van der Waals surface area contributed by atoms with Crippen LogP contribution in [0.1, 0.15) is 37.9 Å². The van der Waals surface area contributed by atoms with E-state index < -0.39 is 0 Å². The highest BCUT2D eigenvalue weighted by molar-refractivity contribution is 5.76. The third-order valence-corrected chi connectivity index (χ3v) is 5.92. The molecule has 1 aliphatic heterocycles. The first kappa shape index (κ1) is 21.2. The van der Waals surface area contributed by atoms with Crippen LogP contribution in [0.15, 0.2) is 48.8 Å². The summed E-state index contributed by atoms with van der Waals surface area (Å²) in [5.74, 6) is -0.187. The molecule has 1 aromatic carbocycles. The van der Waals surface area contributed by atoms with Crippen LogP contribution >= 0.6 is 0 Å². The Morgan fingerprint density at radius 2 is 2.03 bits per heavy atom. The number of carbonyl (C=O) groups excluding carboxylic acids is 1. The molecule has 3 aromatic rings. The lowest BCUT2D eigenvalue weighted by atomic mass is 10.0. The van der Waals surface area contributed by atoms with Gasteiger partial charge < -0.3 is 5.32 Å². The Morgan fingerprint density at radius 1 is 1.26 bits per heavy atom. The van der Waals surface area contributed by atoms with E-state index in [9.17, 15) is 9.18 Å². The third-order valence-electron chi connectivity index (χ3n) is 5.92. The van der Waals surface area contributed by atoms with Gasteiger partial charge in [-0.05, 0) is 44.0 Å². The van der Waals surface area contributed by atoms with Gasteiger partial charge in [0, 0.05) is 57.1 Å². The van der Waals surface area contributed by atoms with Crippen LogP contribution in [0.2, 0.25) is 0 Å². The van der Waals surface area contributed by atoms with E-state index in [1.165, 1.54) is 6.07 Å². The smallest absolute Gasteiger partial charge is 0.222 e. The molecule has 0 spiro atoms. The number of hydrogen-bond acceptors (Lipinski definition) is 4. The summed E-state index contributed by atoms with van der Waals surface area (Å²) in [7, 11) is 1.90. The largest absolute Gasteiger partial charge is 0.353 e. The molecule has 164 valence electrons. The van der Waals surface area contributed by atoms with Crippen molar-refractivity contribution in [3.8, 4) is 11.3 Å². The highest BCUT2D eigenvalue weighted by Gasteiger charge is 2.23. The zero-order valence-corrected chi connectivity index (χ0v) is 18.0. The fraction of sp³-hybridized carbons (Fsp3) is 0.435. The van der Waals surface area contributed by atoms with Crippen molar-refractivity contribution in [2.75, 3.05) is 13.1 Å². The maximum atomic E-state index is 14.1. The van der Waals surface area contributed by atoms with Crippen LogP contribution in [0.25, 0.3) is 11.3 Å². The Labute approximate surface area is 181 Å². The molecule has 2 aromatic heterocycles. The molecule has 0 aliphatic carbocycles. The number of nitrogens with one attached hydrogen (secondary N) is 1. The first-order valence-electron chi connectivity index (χ1n) is 10.8. The van der Waals surface area contributed by atoms with Gasteiger partial charge in [0.05, 0.1) is 17.4 Å². The predicted molar refractivity (Wildman–Crippen MR) is 117 cm³/mol. The molecule has 1 fully saturated rings. The van der Waals surface area contributed by atoms with Gasteiger partial charge in [0.2, 0.25) is 5.91 Å². The Hall–Kier alpha value is -3.00. The molecule has 3 heterocycles. The van der Waals surface area contributed by atoms with Crippen molar-refractivity contribution >= 4 is 5.91 Å². The van der Waals surface area contributed by atoms with Crippen molar-refractivity contribution in [3.63, 3.8) is 0 Å². The number of hydrogen-bond donors (Lipinski definition) is 1. The zero-order chi connectivity index (χ0) is 21.8. The Kier molecular flexibility index (Phi) is 6.46. The molecule has 4 rings (SSSR count). The van der Waals surface area contributed by atoms with Gasteiger partial charge in [0.1, 0.15) is 5.82 Å². The minimum atomic E-state index is -0.259. The van der Waals surface area contributed by atoms with Gasteiger partial charge in [-0.15, -0.1) is 0 Å². The van der Waals surface area contributed by atoms with Crippen LogP contribution in [-0.4, -0.2) is 49.5 Å². The SMILES string of the molecule is CC(CC(=O)NC1CCN(Cc2cc(-c3ccccc3F)nn2C)CC1)n1cccn1. The summed E-state index contributed by atoms with van der Waals surface area (Å²) in [5, 5.41) is 11.9. The molecule has 7 nitrogen and oxygen atoms in total. The molecule has 1 unspecified atom stereocenters. The fourth-order valence-corrected chi connectivity index (χ4v) is 4.11. The van der Waals surface area contributed by atoms with E-state index in [2.05, 4.69) is 20.4 Å². The first-order valence-corrected chi connectivity index (χ1v) is 10.8. The number of nitrogens with zero attached hydrogens (tertiary/aromatic N) is 5. The number of likely N-dealkylation sites (tertiary alicyclic amines) is 1. The van der Waals surface area contributed by atoms with E-state index in [4.69, 9.17) is 0 Å². The summed E-state index contributed by atoms with van der Waals surface area (Å²) in [6.45, 7) is 4.56. The van der Waals surface area contributed by atoms with E-state index in [1.54, 1.807) is 18.3 Å². The Morgan fingerprint density at radius 3 is 2.74 bits per heavy atom. The minimum Gasteiger partial charge on any atom is -0.353 e. The lowest BCUT2D eigenvalue weighted by Gasteiger charge is -2.32. The van der Waals surface area contributed by atoms with Gasteiger partial charge in [-0.1, -0.05) is 12.1 Å². The van der Waals surface area contributed by atoms with Crippen LogP contribution < -0.4 is 5.32 Å². The second-order valence-electron chi connectivity index (χ2n) is 8.28. The minimum absolute atomic E-state index is 0.0450. The monoisotopic (exact) mass is 424 g/mol. The molecular weight excluding hydrogens is 395 g/mol. The van der Waals surface area contributed by atoms with Crippen molar-refractivity contribution in [1.82, 2.24) is 29.8 Å². The van der Waals surface area contributed by atoms with E-state index in [1.807, 2.05) is 47.7 Å². The van der Waals surface area contributed by atoms with Crippen LogP contribution in [0.4, 0.5) is 4.39 Å². The van der Waals surface area contributed by atoms with Crippen molar-refractivity contribution in [2.45, 2.75) is 44.8 Å². The highest BCUT2D eigenvalue weighted by Crippen LogP contribution is 2.23. The van der Waals surface area contributed by atoms with Gasteiger partial charge in [-0.3, -0.25) is 19.1 Å². The average Bonchev–Trinajstić information content (AvgIpc) is 3.40. The molecule has 1 aliphatic rings. The summed E-state index contributed by atoms with van der Waals surface area (Å²) in [5.41, 5.74) is 2.23. The number of benzene rings is 1. The van der Waals surface area contributed by atoms with Gasteiger partial charge in [0.15, 0.2) is 0 Å². The standard InChI is InChI=1S/C23H29FN6O/c1-17(30-11-5-10-25-30)14-23(31)26-18-8-12-29(13-9-18)16-19-15-22(27-28(19)2)20-6-3-4-7-21(20)24/h3-7,10-11,15,17-18H,8-9,12-14,16H2,1-2H3,(H,26,31). The lowest BCUT2D eigenvalue weighted by Crippen LogP contribution is -2.44. The van der Waals surface area contributed by atoms with Crippen molar-refractivity contribution in [1.29, 1.82) is 0 Å². The number of rotatable bonds is 7. The van der Waals surface area contributed by atoms with Gasteiger partial charge in [0.25, 0.3) is 0 Å². The maximum Gasteiger partial charge on any atom is 0.222 e. The average molecular weight is 425 g/mol. The molecule has 31 heavy (non-hydrogen) atoms. The number of piperidine rings is 1. The fourth-order valence-electron chi connectivity index (χ4n) is 4.11. The topological polar surface area (TPSA) is 68.0 Å². The van der Waals surface area contributed by atoms with Gasteiger partial charge in [-0.2, -0.15) is 10.2 Å². The molecule has 1 saturated heterocycles. The predicted octanol–water partition coefficient (Wildman–Crippen LogP) is 3.15. The Balaban J connectivity index is 1.27. The first-order chi connectivity index (χ1) is 15.0. The Bertz CT molecular complexity index is 1010. The molecule has 1 amide bonds. The number of aromatic nitrogens is 4. The second kappa shape index (κ2) is 9.43. The van der Waals surface area contributed by atoms with E-state index in [0.29, 0.717) is 17.7 Å². The van der Waals surface area contributed by atoms with Crippen molar-refractivity contribution in [2.24, 2.45) is 7.05 Å². The third kappa shape index (κ3) is 5.19. The number of aryl methyl sites for hydroxylation is 1. The van der Waals surface area contributed by atoms with Crippen LogP contribution in [0, 0.1) is 5.82 Å². The van der Waals surface area contributed by atoms with Crippen LogP contribution in [-0.2, 0) is 18.4 Å². The summed E-state index contributed by atoms with van der Waals surface area (Å²) in [6.07, 6.45) is 5.87. The van der Waals surface area contributed by atoms with Crippen LogP contribution in [0.5, 0.6) is 0 Å².